The Bertz CT molecular complexity index is 394. The van der Waals surface area contributed by atoms with Crippen molar-refractivity contribution < 1.29 is 4.79 Å². The molecule has 5 heteroatoms. The second kappa shape index (κ2) is 6.34. The number of alkyl halides is 1. The number of halogens is 2. The first kappa shape index (κ1) is 13.6. The van der Waals surface area contributed by atoms with Crippen molar-refractivity contribution in [2.45, 2.75) is 43.0 Å². The molecule has 1 heterocycles. The van der Waals surface area contributed by atoms with Gasteiger partial charge in [-0.1, -0.05) is 35.2 Å². The average Bonchev–Trinajstić information content (AvgIpc) is 2.63. The number of amides is 1. The van der Waals surface area contributed by atoms with Gasteiger partial charge < -0.3 is 5.32 Å². The highest BCUT2D eigenvalue weighted by atomic mass is 79.9. The molecule has 17 heavy (non-hydrogen) atoms. The first-order chi connectivity index (χ1) is 8.18. The van der Waals surface area contributed by atoms with Crippen LogP contribution in [0.4, 0.5) is 0 Å². The van der Waals surface area contributed by atoms with Gasteiger partial charge in [-0.3, -0.25) is 4.79 Å². The van der Waals surface area contributed by atoms with Gasteiger partial charge in [-0.05, 0) is 40.2 Å². The maximum atomic E-state index is 12.1. The van der Waals surface area contributed by atoms with Crippen LogP contribution in [-0.4, -0.2) is 16.8 Å². The van der Waals surface area contributed by atoms with Gasteiger partial charge in [0.15, 0.2) is 0 Å². The maximum absolute atomic E-state index is 12.1. The highest BCUT2D eigenvalue weighted by Crippen LogP contribution is 2.26. The third-order valence-corrected chi connectivity index (χ3v) is 6.00. The minimum Gasteiger partial charge on any atom is -0.347 e. The minimum atomic E-state index is 0.0447. The van der Waals surface area contributed by atoms with Crippen LogP contribution in [-0.2, 0) is 0 Å². The van der Waals surface area contributed by atoms with Crippen LogP contribution in [0.1, 0.15) is 41.8 Å². The van der Waals surface area contributed by atoms with Gasteiger partial charge >= 0.3 is 0 Å². The lowest BCUT2D eigenvalue weighted by Gasteiger charge is -2.21. The molecule has 94 valence electrons. The van der Waals surface area contributed by atoms with Gasteiger partial charge in [0.2, 0.25) is 0 Å². The van der Waals surface area contributed by atoms with Crippen LogP contribution >= 0.6 is 43.2 Å². The van der Waals surface area contributed by atoms with Gasteiger partial charge in [0.25, 0.3) is 5.91 Å². The van der Waals surface area contributed by atoms with Gasteiger partial charge in [-0.25, -0.2) is 0 Å². The molecule has 1 saturated carbocycles. The normalized spacial score (nSPS) is 25.3. The van der Waals surface area contributed by atoms with E-state index < -0.39 is 0 Å². The molecule has 1 N–H and O–H groups in total. The van der Waals surface area contributed by atoms with Crippen molar-refractivity contribution >= 4 is 49.1 Å². The molecule has 0 spiro atoms. The molecule has 2 rings (SSSR count). The highest BCUT2D eigenvalue weighted by molar-refractivity contribution is 9.10. The van der Waals surface area contributed by atoms with Crippen molar-refractivity contribution in [2.75, 3.05) is 0 Å². The van der Waals surface area contributed by atoms with E-state index in [0.29, 0.717) is 4.83 Å². The fourth-order valence-electron chi connectivity index (χ4n) is 2.11. The molecule has 0 saturated heterocycles. The summed E-state index contributed by atoms with van der Waals surface area (Å²) < 4.78 is 0.889. The molecular weight excluding hydrogens is 366 g/mol. The Labute approximate surface area is 122 Å². The molecule has 0 aromatic carbocycles. The summed E-state index contributed by atoms with van der Waals surface area (Å²) in [5.41, 5.74) is 0. The van der Waals surface area contributed by atoms with Crippen molar-refractivity contribution in [3.63, 3.8) is 0 Å². The summed E-state index contributed by atoms with van der Waals surface area (Å²) in [7, 11) is 0. The maximum Gasteiger partial charge on any atom is 0.262 e. The Morgan fingerprint density at radius 2 is 2.12 bits per heavy atom. The van der Waals surface area contributed by atoms with Crippen LogP contribution in [0.15, 0.2) is 15.9 Å². The number of rotatable bonds is 2. The molecule has 1 aromatic rings. The smallest absolute Gasteiger partial charge is 0.262 e. The lowest BCUT2D eigenvalue weighted by molar-refractivity contribution is 0.0938. The SMILES string of the molecule is O=C(NC1CCCCCC1Br)c1sccc1Br. The van der Waals surface area contributed by atoms with Crippen LogP contribution in [0.2, 0.25) is 0 Å². The Morgan fingerprint density at radius 3 is 2.82 bits per heavy atom. The molecule has 0 aliphatic heterocycles. The zero-order valence-corrected chi connectivity index (χ0v) is 13.4. The lowest BCUT2D eigenvalue weighted by Crippen LogP contribution is -2.40. The second-order valence-corrected chi connectivity index (χ2v) is 7.28. The standard InChI is InChI=1S/C12H15Br2NOS/c13-8-4-2-1-3-5-10(8)15-12(16)11-9(14)6-7-17-11/h6-8,10H,1-5H2,(H,15,16). The second-order valence-electron chi connectivity index (χ2n) is 4.33. The van der Waals surface area contributed by atoms with E-state index in [4.69, 9.17) is 0 Å². The number of carbonyl (C=O) groups excluding carboxylic acids is 1. The monoisotopic (exact) mass is 379 g/mol. The molecule has 2 atom stereocenters. The minimum absolute atomic E-state index is 0.0447. The molecular formula is C12H15Br2NOS. The fourth-order valence-corrected chi connectivity index (χ4v) is 4.29. The van der Waals surface area contributed by atoms with Gasteiger partial charge in [0, 0.05) is 15.3 Å². The summed E-state index contributed by atoms with van der Waals surface area (Å²) in [5.74, 6) is 0.0447. The van der Waals surface area contributed by atoms with Crippen LogP contribution in [0.3, 0.4) is 0 Å². The van der Waals surface area contributed by atoms with Gasteiger partial charge in [-0.15, -0.1) is 11.3 Å². The number of thiophene rings is 1. The van der Waals surface area contributed by atoms with Crippen molar-refractivity contribution in [2.24, 2.45) is 0 Å². The molecule has 0 radical (unpaired) electrons. The molecule has 1 amide bonds. The lowest BCUT2D eigenvalue weighted by atomic mass is 10.1. The Hall–Kier alpha value is 0.130. The molecule has 2 unspecified atom stereocenters. The van der Waals surface area contributed by atoms with E-state index in [1.54, 1.807) is 0 Å². The quantitative estimate of drug-likeness (QED) is 0.600. The van der Waals surface area contributed by atoms with Crippen LogP contribution in [0, 0.1) is 0 Å². The highest BCUT2D eigenvalue weighted by Gasteiger charge is 2.24. The predicted molar refractivity (Wildman–Crippen MR) is 79.1 cm³/mol. The molecule has 1 aliphatic carbocycles. The van der Waals surface area contributed by atoms with E-state index in [-0.39, 0.29) is 11.9 Å². The van der Waals surface area contributed by atoms with Crippen molar-refractivity contribution in [3.05, 3.63) is 20.8 Å². The van der Waals surface area contributed by atoms with E-state index in [1.807, 2.05) is 11.4 Å². The first-order valence-electron chi connectivity index (χ1n) is 5.86. The molecule has 2 nitrogen and oxygen atoms in total. The average molecular weight is 381 g/mol. The van der Waals surface area contributed by atoms with E-state index in [0.717, 1.165) is 22.2 Å². The van der Waals surface area contributed by atoms with Crippen LogP contribution in [0.25, 0.3) is 0 Å². The van der Waals surface area contributed by atoms with Crippen molar-refractivity contribution in [1.29, 1.82) is 0 Å². The summed E-state index contributed by atoms with van der Waals surface area (Å²) in [6, 6.07) is 2.18. The summed E-state index contributed by atoms with van der Waals surface area (Å²) >= 11 is 8.57. The van der Waals surface area contributed by atoms with E-state index in [2.05, 4.69) is 37.2 Å². The molecule has 1 aliphatic rings. The zero-order chi connectivity index (χ0) is 12.3. The van der Waals surface area contributed by atoms with Crippen LogP contribution < -0.4 is 5.32 Å². The molecule has 1 aromatic heterocycles. The predicted octanol–water partition coefficient (Wildman–Crippen LogP) is 4.34. The summed E-state index contributed by atoms with van der Waals surface area (Å²) in [4.78, 5) is 13.3. The van der Waals surface area contributed by atoms with Gasteiger partial charge in [0.1, 0.15) is 4.88 Å². The van der Waals surface area contributed by atoms with E-state index >= 15 is 0 Å². The molecule has 1 fully saturated rings. The van der Waals surface area contributed by atoms with Crippen molar-refractivity contribution in [1.82, 2.24) is 5.32 Å². The summed E-state index contributed by atoms with van der Waals surface area (Å²) in [6.45, 7) is 0. The third kappa shape index (κ3) is 3.55. The van der Waals surface area contributed by atoms with Gasteiger partial charge in [-0.2, -0.15) is 0 Å². The third-order valence-electron chi connectivity index (χ3n) is 3.07. The number of hydrogen-bond donors (Lipinski definition) is 1. The number of hydrogen-bond acceptors (Lipinski definition) is 2. The van der Waals surface area contributed by atoms with Gasteiger partial charge in [0.05, 0.1) is 0 Å². The topological polar surface area (TPSA) is 29.1 Å². The summed E-state index contributed by atoms with van der Waals surface area (Å²) in [6.07, 6.45) is 5.96. The zero-order valence-electron chi connectivity index (χ0n) is 9.42. The van der Waals surface area contributed by atoms with E-state index in [9.17, 15) is 4.79 Å². The first-order valence-corrected chi connectivity index (χ1v) is 8.45. The Morgan fingerprint density at radius 1 is 1.35 bits per heavy atom. The fraction of sp³-hybridized carbons (Fsp3) is 0.583. The Kier molecular flexibility index (Phi) is 5.06. The number of nitrogens with one attached hydrogen (secondary N) is 1. The molecule has 0 bridgehead atoms. The largest absolute Gasteiger partial charge is 0.347 e. The van der Waals surface area contributed by atoms with Crippen molar-refractivity contribution in [3.8, 4) is 0 Å². The van der Waals surface area contributed by atoms with E-state index in [1.165, 1.54) is 30.6 Å². The Balaban J connectivity index is 2.00. The number of carbonyl (C=O) groups is 1. The summed E-state index contributed by atoms with van der Waals surface area (Å²) in [5, 5.41) is 5.07. The van der Waals surface area contributed by atoms with Crippen LogP contribution in [0.5, 0.6) is 0 Å².